The van der Waals surface area contributed by atoms with E-state index in [4.69, 9.17) is 0 Å². The minimum absolute atomic E-state index is 0.00687. The molecular formula is C18H15N3O2S2. The maximum absolute atomic E-state index is 12.5. The molecule has 0 saturated carbocycles. The number of aromatic nitrogens is 1. The molecule has 126 valence electrons. The number of hydrogen-bond donors (Lipinski definition) is 2. The highest BCUT2D eigenvalue weighted by atomic mass is 32.1. The standard InChI is InChI=1S/C18H15N3O2S2/c1-10(11-4-5-13-12(7-11)8-16(22)20-13)19-17(23)14-9-25-18(21-14)15-3-2-6-24-15/h2-7,9-10H,8H2,1H3,(H,19,23)(H,20,22). The van der Waals surface area contributed by atoms with Crippen LogP contribution in [0.1, 0.15) is 34.6 Å². The summed E-state index contributed by atoms with van der Waals surface area (Å²) in [5, 5.41) is 10.4. The van der Waals surface area contributed by atoms with Gasteiger partial charge in [0.2, 0.25) is 5.91 Å². The van der Waals surface area contributed by atoms with Crippen LogP contribution in [0.4, 0.5) is 5.69 Å². The van der Waals surface area contributed by atoms with Crippen molar-refractivity contribution in [1.82, 2.24) is 10.3 Å². The normalized spacial score (nSPS) is 14.0. The van der Waals surface area contributed by atoms with Crippen LogP contribution in [-0.2, 0) is 11.2 Å². The van der Waals surface area contributed by atoms with Crippen molar-refractivity contribution < 1.29 is 9.59 Å². The molecular weight excluding hydrogens is 354 g/mol. The fourth-order valence-corrected chi connectivity index (χ4v) is 4.38. The molecule has 0 spiro atoms. The van der Waals surface area contributed by atoms with Gasteiger partial charge in [-0.25, -0.2) is 4.98 Å². The Labute approximate surface area is 152 Å². The summed E-state index contributed by atoms with van der Waals surface area (Å²) in [7, 11) is 0. The number of carbonyl (C=O) groups is 2. The van der Waals surface area contributed by atoms with Crippen LogP contribution in [-0.4, -0.2) is 16.8 Å². The van der Waals surface area contributed by atoms with Gasteiger partial charge in [-0.15, -0.1) is 22.7 Å². The molecule has 1 aromatic carbocycles. The first-order valence-corrected chi connectivity index (χ1v) is 9.59. The third kappa shape index (κ3) is 3.20. The van der Waals surface area contributed by atoms with Crippen LogP contribution in [0.15, 0.2) is 41.1 Å². The molecule has 0 saturated heterocycles. The van der Waals surface area contributed by atoms with E-state index in [0.29, 0.717) is 12.1 Å². The van der Waals surface area contributed by atoms with Crippen molar-refractivity contribution in [3.05, 3.63) is 57.9 Å². The fourth-order valence-electron chi connectivity index (χ4n) is 2.76. The van der Waals surface area contributed by atoms with Crippen molar-refractivity contribution in [2.45, 2.75) is 19.4 Å². The van der Waals surface area contributed by atoms with Crippen molar-refractivity contribution in [3.8, 4) is 9.88 Å². The van der Waals surface area contributed by atoms with Gasteiger partial charge in [0.25, 0.3) is 5.91 Å². The van der Waals surface area contributed by atoms with Gasteiger partial charge >= 0.3 is 0 Å². The van der Waals surface area contributed by atoms with Gasteiger partial charge in [-0.2, -0.15) is 0 Å². The van der Waals surface area contributed by atoms with E-state index >= 15 is 0 Å². The Morgan fingerprint density at radius 3 is 3.00 bits per heavy atom. The minimum Gasteiger partial charge on any atom is -0.344 e. The summed E-state index contributed by atoms with van der Waals surface area (Å²) in [4.78, 5) is 29.4. The molecule has 3 aromatic rings. The fraction of sp³-hybridized carbons (Fsp3) is 0.167. The second-order valence-electron chi connectivity index (χ2n) is 5.85. The number of benzene rings is 1. The zero-order valence-corrected chi connectivity index (χ0v) is 15.0. The van der Waals surface area contributed by atoms with Crippen LogP contribution in [0.3, 0.4) is 0 Å². The summed E-state index contributed by atoms with van der Waals surface area (Å²) in [6.45, 7) is 1.93. The van der Waals surface area contributed by atoms with E-state index in [2.05, 4.69) is 15.6 Å². The number of hydrogen-bond acceptors (Lipinski definition) is 5. The SMILES string of the molecule is CC(NC(=O)c1csc(-c2cccs2)n1)c1ccc2c(c1)CC(=O)N2. The van der Waals surface area contributed by atoms with Crippen LogP contribution >= 0.6 is 22.7 Å². The van der Waals surface area contributed by atoms with E-state index in [-0.39, 0.29) is 17.9 Å². The number of thiophene rings is 1. The van der Waals surface area contributed by atoms with E-state index in [9.17, 15) is 9.59 Å². The first-order chi connectivity index (χ1) is 12.1. The molecule has 5 nitrogen and oxygen atoms in total. The van der Waals surface area contributed by atoms with Gasteiger partial charge in [-0.1, -0.05) is 18.2 Å². The van der Waals surface area contributed by atoms with Gasteiger partial charge in [0.15, 0.2) is 0 Å². The maximum Gasteiger partial charge on any atom is 0.271 e. The monoisotopic (exact) mass is 369 g/mol. The van der Waals surface area contributed by atoms with Crippen molar-refractivity contribution in [1.29, 1.82) is 0 Å². The largest absolute Gasteiger partial charge is 0.344 e. The second kappa shape index (κ2) is 6.42. The predicted octanol–water partition coefficient (Wildman–Crippen LogP) is 3.86. The topological polar surface area (TPSA) is 71.1 Å². The summed E-state index contributed by atoms with van der Waals surface area (Å²) in [6, 6.07) is 9.57. The molecule has 2 amide bonds. The van der Waals surface area contributed by atoms with Crippen molar-refractivity contribution in [2.75, 3.05) is 5.32 Å². The molecule has 0 aliphatic carbocycles. The number of amides is 2. The van der Waals surface area contributed by atoms with Crippen LogP contribution in [0.2, 0.25) is 0 Å². The summed E-state index contributed by atoms with van der Waals surface area (Å²) in [5.41, 5.74) is 3.22. The third-order valence-electron chi connectivity index (χ3n) is 4.07. The molecule has 3 heterocycles. The highest BCUT2D eigenvalue weighted by Crippen LogP contribution is 2.29. The van der Waals surface area contributed by atoms with Crippen molar-refractivity contribution in [2.24, 2.45) is 0 Å². The van der Waals surface area contributed by atoms with Gasteiger partial charge in [-0.3, -0.25) is 9.59 Å². The zero-order valence-electron chi connectivity index (χ0n) is 13.4. The van der Waals surface area contributed by atoms with E-state index in [1.165, 1.54) is 11.3 Å². The molecule has 4 rings (SSSR count). The highest BCUT2D eigenvalue weighted by molar-refractivity contribution is 7.20. The average Bonchev–Trinajstić information content (AvgIpc) is 3.32. The van der Waals surface area contributed by atoms with Gasteiger partial charge in [0.05, 0.1) is 17.3 Å². The molecule has 2 aromatic heterocycles. The van der Waals surface area contributed by atoms with Crippen molar-refractivity contribution in [3.63, 3.8) is 0 Å². The zero-order chi connectivity index (χ0) is 17.4. The first kappa shape index (κ1) is 16.0. The lowest BCUT2D eigenvalue weighted by Crippen LogP contribution is -2.26. The molecule has 1 aliphatic rings. The van der Waals surface area contributed by atoms with Gasteiger partial charge in [0, 0.05) is 11.1 Å². The minimum atomic E-state index is -0.193. The van der Waals surface area contributed by atoms with Crippen LogP contribution in [0.25, 0.3) is 9.88 Å². The third-order valence-corrected chi connectivity index (χ3v) is 5.95. The number of nitrogens with zero attached hydrogens (tertiary/aromatic N) is 1. The Morgan fingerprint density at radius 2 is 2.20 bits per heavy atom. The molecule has 25 heavy (non-hydrogen) atoms. The predicted molar refractivity (Wildman–Crippen MR) is 100 cm³/mol. The summed E-state index contributed by atoms with van der Waals surface area (Å²) < 4.78 is 0. The van der Waals surface area contributed by atoms with Crippen LogP contribution in [0.5, 0.6) is 0 Å². The smallest absolute Gasteiger partial charge is 0.271 e. The molecule has 0 bridgehead atoms. The maximum atomic E-state index is 12.5. The summed E-state index contributed by atoms with van der Waals surface area (Å²) in [5.74, 6) is -0.186. The lowest BCUT2D eigenvalue weighted by molar-refractivity contribution is -0.115. The Hall–Kier alpha value is -2.51. The quantitative estimate of drug-likeness (QED) is 0.734. The summed E-state index contributed by atoms with van der Waals surface area (Å²) in [6.07, 6.45) is 0.389. The number of thiazole rings is 1. The molecule has 1 atom stereocenters. The van der Waals surface area contributed by atoms with Gasteiger partial charge in [0.1, 0.15) is 10.7 Å². The van der Waals surface area contributed by atoms with Crippen LogP contribution < -0.4 is 10.6 Å². The first-order valence-electron chi connectivity index (χ1n) is 7.83. The number of fused-ring (bicyclic) bond motifs is 1. The molecule has 0 fully saturated rings. The highest BCUT2D eigenvalue weighted by Gasteiger charge is 2.20. The Morgan fingerprint density at radius 1 is 1.32 bits per heavy atom. The number of rotatable bonds is 4. The van der Waals surface area contributed by atoms with Crippen molar-refractivity contribution >= 4 is 40.2 Å². The second-order valence-corrected chi connectivity index (χ2v) is 7.66. The lowest BCUT2D eigenvalue weighted by atomic mass is 10.0. The molecule has 2 N–H and O–H groups in total. The molecule has 1 unspecified atom stereocenters. The Bertz CT molecular complexity index is 947. The molecule has 7 heteroatoms. The van der Waals surface area contributed by atoms with E-state index in [1.807, 2.05) is 42.6 Å². The molecule has 1 aliphatic heterocycles. The summed E-state index contributed by atoms with van der Waals surface area (Å²) >= 11 is 3.07. The van der Waals surface area contributed by atoms with E-state index in [1.54, 1.807) is 16.7 Å². The lowest BCUT2D eigenvalue weighted by Gasteiger charge is -2.14. The Kier molecular flexibility index (Phi) is 4.10. The van der Waals surface area contributed by atoms with Gasteiger partial charge < -0.3 is 10.6 Å². The van der Waals surface area contributed by atoms with E-state index in [0.717, 1.165) is 26.7 Å². The number of nitrogens with one attached hydrogen (secondary N) is 2. The average molecular weight is 369 g/mol. The number of anilines is 1. The van der Waals surface area contributed by atoms with Gasteiger partial charge in [-0.05, 0) is 35.6 Å². The molecule has 0 radical (unpaired) electrons. The van der Waals surface area contributed by atoms with E-state index < -0.39 is 0 Å². The number of carbonyl (C=O) groups excluding carboxylic acids is 2. The Balaban J connectivity index is 1.48. The van der Waals surface area contributed by atoms with Crippen LogP contribution in [0, 0.1) is 0 Å².